The van der Waals surface area contributed by atoms with E-state index >= 15 is 0 Å². The average Bonchev–Trinajstić information content (AvgIpc) is 2.13. The summed E-state index contributed by atoms with van der Waals surface area (Å²) < 4.78 is 4.77. The van der Waals surface area contributed by atoms with Gasteiger partial charge in [0.2, 0.25) is 5.91 Å². The van der Waals surface area contributed by atoms with Gasteiger partial charge in [-0.25, -0.2) is 0 Å². The van der Waals surface area contributed by atoms with Gasteiger partial charge < -0.3 is 9.64 Å². The maximum Gasteiger partial charge on any atom is 0.325 e. The minimum atomic E-state index is -0.351. The Morgan fingerprint density at radius 1 is 1.64 bits per heavy atom. The fourth-order valence-corrected chi connectivity index (χ4v) is 1.43. The molecule has 0 aromatic heterocycles. The highest BCUT2D eigenvalue weighted by atomic mass is 16.5. The van der Waals surface area contributed by atoms with Gasteiger partial charge in [0.1, 0.15) is 6.54 Å². The van der Waals surface area contributed by atoms with Gasteiger partial charge in [-0.3, -0.25) is 9.59 Å². The molecular formula is C10H15NO3. The highest BCUT2D eigenvalue weighted by molar-refractivity contribution is 5.95. The number of nitrogens with zero attached hydrogens (tertiary/aromatic N) is 1. The molecule has 4 heteroatoms. The third kappa shape index (κ3) is 2.58. The molecule has 0 radical (unpaired) electrons. The van der Waals surface area contributed by atoms with Gasteiger partial charge in [-0.05, 0) is 19.8 Å². The van der Waals surface area contributed by atoms with Gasteiger partial charge in [0.05, 0.1) is 6.61 Å². The first-order valence-electron chi connectivity index (χ1n) is 4.77. The molecule has 4 nitrogen and oxygen atoms in total. The van der Waals surface area contributed by atoms with Crippen molar-refractivity contribution in [1.82, 2.24) is 4.90 Å². The molecule has 14 heavy (non-hydrogen) atoms. The van der Waals surface area contributed by atoms with Crippen LogP contribution in [0.25, 0.3) is 0 Å². The fraction of sp³-hybridized carbons (Fsp3) is 0.600. The third-order valence-corrected chi connectivity index (χ3v) is 2.12. The molecular weight excluding hydrogens is 182 g/mol. The number of amides is 1. The summed E-state index contributed by atoms with van der Waals surface area (Å²) in [6, 6.07) is 0. The number of piperidine rings is 1. The number of rotatable bonds is 3. The van der Waals surface area contributed by atoms with Crippen molar-refractivity contribution in [3.05, 3.63) is 12.2 Å². The van der Waals surface area contributed by atoms with Crippen molar-refractivity contribution < 1.29 is 14.3 Å². The van der Waals surface area contributed by atoms with Crippen LogP contribution in [0.4, 0.5) is 0 Å². The lowest BCUT2D eigenvalue weighted by Crippen LogP contribution is -2.40. The van der Waals surface area contributed by atoms with Crippen LogP contribution < -0.4 is 0 Å². The number of hydrogen-bond acceptors (Lipinski definition) is 3. The number of esters is 1. The first kappa shape index (κ1) is 10.8. The highest BCUT2D eigenvalue weighted by Crippen LogP contribution is 2.14. The predicted octanol–water partition coefficient (Wildman–Crippen LogP) is 0.728. The number of carbonyl (C=O) groups is 2. The van der Waals surface area contributed by atoms with Crippen LogP contribution in [0.5, 0.6) is 0 Å². The van der Waals surface area contributed by atoms with Crippen LogP contribution in [0, 0.1) is 0 Å². The molecule has 1 fully saturated rings. The van der Waals surface area contributed by atoms with Crippen LogP contribution >= 0.6 is 0 Å². The van der Waals surface area contributed by atoms with Crippen LogP contribution in [0.1, 0.15) is 19.8 Å². The van der Waals surface area contributed by atoms with Crippen LogP contribution in [0.3, 0.4) is 0 Å². The Morgan fingerprint density at radius 3 is 3.00 bits per heavy atom. The van der Waals surface area contributed by atoms with E-state index < -0.39 is 0 Å². The molecule has 0 saturated carbocycles. The summed E-state index contributed by atoms with van der Waals surface area (Å²) in [5.41, 5.74) is 0.584. The quantitative estimate of drug-likeness (QED) is 0.495. The molecule has 1 aliphatic heterocycles. The molecule has 1 aliphatic rings. The van der Waals surface area contributed by atoms with Gasteiger partial charge in [-0.2, -0.15) is 0 Å². The molecule has 0 spiro atoms. The second-order valence-electron chi connectivity index (χ2n) is 3.24. The Kier molecular flexibility index (Phi) is 3.68. The van der Waals surface area contributed by atoms with E-state index in [9.17, 15) is 9.59 Å². The van der Waals surface area contributed by atoms with E-state index in [0.29, 0.717) is 18.7 Å². The SMILES string of the molecule is C=C1CCCN(CC(=O)OCC)C1=O. The number of ether oxygens (including phenoxy) is 1. The monoisotopic (exact) mass is 197 g/mol. The Balaban J connectivity index is 2.47. The molecule has 78 valence electrons. The van der Waals surface area contributed by atoms with Crippen LogP contribution in [0.15, 0.2) is 12.2 Å². The van der Waals surface area contributed by atoms with E-state index in [4.69, 9.17) is 4.74 Å². The molecule has 1 saturated heterocycles. The van der Waals surface area contributed by atoms with Gasteiger partial charge in [0.25, 0.3) is 0 Å². The molecule has 0 bridgehead atoms. The first-order valence-corrected chi connectivity index (χ1v) is 4.77. The Bertz CT molecular complexity index is 260. The molecule has 0 atom stereocenters. The van der Waals surface area contributed by atoms with Crippen molar-refractivity contribution >= 4 is 11.9 Å². The van der Waals surface area contributed by atoms with Crippen LogP contribution in [0.2, 0.25) is 0 Å². The Labute approximate surface area is 83.5 Å². The van der Waals surface area contributed by atoms with Gasteiger partial charge in [-0.15, -0.1) is 0 Å². The molecule has 1 heterocycles. The lowest BCUT2D eigenvalue weighted by atomic mass is 10.1. The van der Waals surface area contributed by atoms with E-state index in [1.54, 1.807) is 6.92 Å². The van der Waals surface area contributed by atoms with Crippen molar-refractivity contribution in [2.45, 2.75) is 19.8 Å². The highest BCUT2D eigenvalue weighted by Gasteiger charge is 2.23. The summed E-state index contributed by atoms with van der Waals surface area (Å²) >= 11 is 0. The normalized spacial score (nSPS) is 17.1. The molecule has 1 rings (SSSR count). The standard InChI is InChI=1S/C10H15NO3/c1-3-14-9(12)7-11-6-4-5-8(2)10(11)13/h2-7H2,1H3. The summed E-state index contributed by atoms with van der Waals surface area (Å²) in [6.07, 6.45) is 1.61. The van der Waals surface area contributed by atoms with E-state index in [-0.39, 0.29) is 18.4 Å². The fourth-order valence-electron chi connectivity index (χ4n) is 1.43. The van der Waals surface area contributed by atoms with E-state index in [1.165, 1.54) is 4.90 Å². The van der Waals surface area contributed by atoms with Crippen molar-refractivity contribution in [3.8, 4) is 0 Å². The zero-order valence-corrected chi connectivity index (χ0v) is 8.41. The Morgan fingerprint density at radius 2 is 2.36 bits per heavy atom. The minimum absolute atomic E-state index is 0.0473. The molecule has 0 N–H and O–H groups in total. The second kappa shape index (κ2) is 4.79. The molecule has 0 unspecified atom stereocenters. The number of carbonyl (C=O) groups excluding carboxylic acids is 2. The summed E-state index contributed by atoms with van der Waals surface area (Å²) in [6.45, 7) is 6.42. The van der Waals surface area contributed by atoms with Crippen LogP contribution in [-0.4, -0.2) is 36.5 Å². The Hall–Kier alpha value is -1.32. The molecule has 0 aromatic carbocycles. The predicted molar refractivity (Wildman–Crippen MR) is 51.6 cm³/mol. The van der Waals surface area contributed by atoms with E-state index in [1.807, 2.05) is 0 Å². The second-order valence-corrected chi connectivity index (χ2v) is 3.24. The molecule has 0 aliphatic carbocycles. The molecule has 1 amide bonds. The van der Waals surface area contributed by atoms with Crippen LogP contribution in [-0.2, 0) is 14.3 Å². The smallest absolute Gasteiger partial charge is 0.325 e. The summed E-state index contributed by atoms with van der Waals surface area (Å²) in [5, 5.41) is 0. The van der Waals surface area contributed by atoms with Crippen molar-refractivity contribution in [2.24, 2.45) is 0 Å². The van der Waals surface area contributed by atoms with E-state index in [2.05, 4.69) is 6.58 Å². The number of likely N-dealkylation sites (tertiary alicyclic amines) is 1. The van der Waals surface area contributed by atoms with E-state index in [0.717, 1.165) is 12.8 Å². The third-order valence-electron chi connectivity index (χ3n) is 2.12. The van der Waals surface area contributed by atoms with Gasteiger partial charge >= 0.3 is 5.97 Å². The maximum atomic E-state index is 11.5. The lowest BCUT2D eigenvalue weighted by molar-refractivity contribution is -0.148. The first-order chi connectivity index (χ1) is 6.65. The van der Waals surface area contributed by atoms with Gasteiger partial charge in [0, 0.05) is 12.1 Å². The van der Waals surface area contributed by atoms with Crippen molar-refractivity contribution in [3.63, 3.8) is 0 Å². The summed E-state index contributed by atoms with van der Waals surface area (Å²) in [7, 11) is 0. The minimum Gasteiger partial charge on any atom is -0.465 e. The largest absolute Gasteiger partial charge is 0.465 e. The topological polar surface area (TPSA) is 46.6 Å². The molecule has 0 aromatic rings. The lowest BCUT2D eigenvalue weighted by Gasteiger charge is -2.26. The van der Waals surface area contributed by atoms with Crippen molar-refractivity contribution in [1.29, 1.82) is 0 Å². The zero-order chi connectivity index (χ0) is 10.6. The summed E-state index contributed by atoms with van der Waals surface area (Å²) in [4.78, 5) is 24.1. The maximum absolute atomic E-state index is 11.5. The average molecular weight is 197 g/mol. The summed E-state index contributed by atoms with van der Waals surface area (Å²) in [5.74, 6) is -0.472. The van der Waals surface area contributed by atoms with Gasteiger partial charge in [0.15, 0.2) is 0 Å². The zero-order valence-electron chi connectivity index (χ0n) is 8.41. The van der Waals surface area contributed by atoms with Crippen molar-refractivity contribution in [2.75, 3.05) is 19.7 Å². The number of hydrogen-bond donors (Lipinski definition) is 0. The van der Waals surface area contributed by atoms with Gasteiger partial charge in [-0.1, -0.05) is 6.58 Å².